The summed E-state index contributed by atoms with van der Waals surface area (Å²) in [5.41, 5.74) is 1.57. The molecule has 0 heterocycles. The van der Waals surface area contributed by atoms with Crippen molar-refractivity contribution in [2.24, 2.45) is 0 Å². The zero-order valence-corrected chi connectivity index (χ0v) is 16.5. The number of carbonyl (C=O) groups is 1. The van der Waals surface area contributed by atoms with Gasteiger partial charge in [0.25, 0.3) is 5.91 Å². The Hall–Kier alpha value is -1.69. The van der Waals surface area contributed by atoms with Crippen LogP contribution in [0.5, 0.6) is 11.5 Å². The summed E-state index contributed by atoms with van der Waals surface area (Å²) in [6, 6.07) is 10.2. The normalized spacial score (nSPS) is 10.2. The van der Waals surface area contributed by atoms with Crippen LogP contribution in [0.4, 0.5) is 5.69 Å². The highest BCUT2D eigenvalue weighted by Crippen LogP contribution is 2.36. The van der Waals surface area contributed by atoms with Crippen molar-refractivity contribution in [2.45, 2.75) is 6.92 Å². The molecule has 0 unspecified atom stereocenters. The molecule has 25 heavy (non-hydrogen) atoms. The lowest BCUT2D eigenvalue weighted by Gasteiger charge is -2.11. The smallest absolute Gasteiger partial charge is 0.262 e. The van der Waals surface area contributed by atoms with Gasteiger partial charge in [0.2, 0.25) is 0 Å². The van der Waals surface area contributed by atoms with Crippen LogP contribution >= 0.6 is 39.1 Å². The second-order valence-corrected chi connectivity index (χ2v) is 7.00. The third-order valence-corrected chi connectivity index (χ3v) is 4.02. The Morgan fingerprint density at radius 2 is 1.84 bits per heavy atom. The average Bonchev–Trinajstić information content (AvgIpc) is 2.53. The number of rotatable bonds is 7. The van der Waals surface area contributed by atoms with E-state index in [0.717, 1.165) is 5.57 Å². The number of nitrogens with one attached hydrogen (secondary N) is 1. The fourth-order valence-corrected chi connectivity index (χ4v) is 3.21. The van der Waals surface area contributed by atoms with Crippen molar-refractivity contribution < 1.29 is 14.3 Å². The first-order chi connectivity index (χ1) is 11.8. The molecule has 0 aliphatic carbocycles. The van der Waals surface area contributed by atoms with E-state index in [0.29, 0.717) is 38.3 Å². The number of hydrogen-bond acceptors (Lipinski definition) is 3. The van der Waals surface area contributed by atoms with Gasteiger partial charge in [-0.25, -0.2) is 0 Å². The molecule has 1 N–H and O–H groups in total. The molecule has 0 saturated carbocycles. The molecule has 2 rings (SSSR count). The molecule has 132 valence electrons. The van der Waals surface area contributed by atoms with Crippen molar-refractivity contribution in [1.29, 1.82) is 0 Å². The van der Waals surface area contributed by atoms with E-state index in [9.17, 15) is 4.79 Å². The van der Waals surface area contributed by atoms with E-state index in [2.05, 4.69) is 27.8 Å². The first-order valence-electron chi connectivity index (χ1n) is 7.29. The average molecular weight is 445 g/mol. The van der Waals surface area contributed by atoms with Crippen LogP contribution in [0.3, 0.4) is 0 Å². The Morgan fingerprint density at radius 3 is 2.44 bits per heavy atom. The number of benzene rings is 2. The lowest BCUT2D eigenvalue weighted by atomic mass is 10.3. The highest BCUT2D eigenvalue weighted by molar-refractivity contribution is 9.10. The third-order valence-electron chi connectivity index (χ3n) is 2.93. The standard InChI is InChI=1S/C18H16BrCl2NO3/c1-11(2)9-24-14-5-3-13(4-6-14)22-17(23)10-25-18-15(19)7-12(20)8-16(18)21/h3-8H,1,9-10H2,2H3,(H,22,23). The first-order valence-corrected chi connectivity index (χ1v) is 8.84. The second kappa shape index (κ2) is 9.13. The van der Waals surface area contributed by atoms with Crippen LogP contribution in [-0.4, -0.2) is 19.1 Å². The maximum atomic E-state index is 12.0. The van der Waals surface area contributed by atoms with Crippen molar-refractivity contribution in [2.75, 3.05) is 18.5 Å². The summed E-state index contributed by atoms with van der Waals surface area (Å²) in [4.78, 5) is 12.0. The summed E-state index contributed by atoms with van der Waals surface area (Å²) in [7, 11) is 0. The molecule has 7 heteroatoms. The molecular formula is C18H16BrCl2NO3. The van der Waals surface area contributed by atoms with Gasteiger partial charge in [-0.2, -0.15) is 0 Å². The highest BCUT2D eigenvalue weighted by atomic mass is 79.9. The van der Waals surface area contributed by atoms with Gasteiger partial charge in [0.15, 0.2) is 12.4 Å². The molecule has 0 bridgehead atoms. The summed E-state index contributed by atoms with van der Waals surface area (Å²) >= 11 is 15.2. The molecule has 2 aromatic carbocycles. The maximum absolute atomic E-state index is 12.0. The van der Waals surface area contributed by atoms with Gasteiger partial charge in [-0.1, -0.05) is 29.8 Å². The highest BCUT2D eigenvalue weighted by Gasteiger charge is 2.11. The number of carbonyl (C=O) groups excluding carboxylic acids is 1. The van der Waals surface area contributed by atoms with Crippen LogP contribution in [0.1, 0.15) is 6.92 Å². The number of anilines is 1. The zero-order valence-electron chi connectivity index (χ0n) is 13.4. The monoisotopic (exact) mass is 443 g/mol. The summed E-state index contributed by atoms with van der Waals surface area (Å²) in [6.07, 6.45) is 0. The first kappa shape index (κ1) is 19.6. The van der Waals surface area contributed by atoms with Gasteiger partial charge in [-0.15, -0.1) is 0 Å². The molecule has 2 aromatic rings. The van der Waals surface area contributed by atoms with Crippen molar-refractivity contribution in [1.82, 2.24) is 0 Å². The zero-order chi connectivity index (χ0) is 18.4. The molecule has 0 aromatic heterocycles. The van der Waals surface area contributed by atoms with Gasteiger partial charge >= 0.3 is 0 Å². The van der Waals surface area contributed by atoms with Gasteiger partial charge < -0.3 is 14.8 Å². The van der Waals surface area contributed by atoms with E-state index in [1.807, 2.05) is 6.92 Å². The van der Waals surface area contributed by atoms with Crippen molar-refractivity contribution >= 4 is 50.7 Å². The van der Waals surface area contributed by atoms with Crippen LogP contribution in [0.2, 0.25) is 10.0 Å². The summed E-state index contributed by atoms with van der Waals surface area (Å²) in [6.45, 7) is 5.93. The van der Waals surface area contributed by atoms with Gasteiger partial charge in [0, 0.05) is 10.7 Å². The van der Waals surface area contributed by atoms with Gasteiger partial charge in [0.05, 0.1) is 9.50 Å². The van der Waals surface area contributed by atoms with E-state index in [-0.39, 0.29) is 12.5 Å². The minimum atomic E-state index is -0.312. The number of halogens is 3. The van der Waals surface area contributed by atoms with E-state index in [1.165, 1.54) is 0 Å². The third kappa shape index (κ3) is 6.27. The van der Waals surface area contributed by atoms with Crippen molar-refractivity contribution in [3.8, 4) is 11.5 Å². The molecule has 0 fully saturated rings. The van der Waals surface area contributed by atoms with Gasteiger partial charge in [-0.3, -0.25) is 4.79 Å². The SMILES string of the molecule is C=C(C)COc1ccc(NC(=O)COc2c(Cl)cc(Cl)cc2Br)cc1. The Kier molecular flexibility index (Phi) is 7.17. The van der Waals surface area contributed by atoms with Crippen LogP contribution in [0.25, 0.3) is 0 Å². The Morgan fingerprint density at radius 1 is 1.16 bits per heavy atom. The molecular weight excluding hydrogens is 429 g/mol. The summed E-state index contributed by atoms with van der Waals surface area (Å²) < 4.78 is 11.5. The number of hydrogen-bond donors (Lipinski definition) is 1. The minimum absolute atomic E-state index is 0.187. The molecule has 0 atom stereocenters. The number of ether oxygens (including phenoxy) is 2. The molecule has 0 spiro atoms. The quantitative estimate of drug-likeness (QED) is 0.554. The Labute approximate surface area is 164 Å². The van der Waals surface area contributed by atoms with Crippen molar-refractivity contribution in [3.63, 3.8) is 0 Å². The predicted octanol–water partition coefficient (Wildman–Crippen LogP) is 5.73. The topological polar surface area (TPSA) is 47.6 Å². The minimum Gasteiger partial charge on any atom is -0.489 e. The maximum Gasteiger partial charge on any atom is 0.262 e. The van der Waals surface area contributed by atoms with Crippen LogP contribution < -0.4 is 14.8 Å². The lowest BCUT2D eigenvalue weighted by Crippen LogP contribution is -2.20. The van der Waals surface area contributed by atoms with E-state index in [4.69, 9.17) is 32.7 Å². The fourth-order valence-electron chi connectivity index (χ4n) is 1.84. The van der Waals surface area contributed by atoms with Crippen LogP contribution in [-0.2, 0) is 4.79 Å². The van der Waals surface area contributed by atoms with Gasteiger partial charge in [0.1, 0.15) is 12.4 Å². The van der Waals surface area contributed by atoms with Crippen LogP contribution in [0, 0.1) is 0 Å². The van der Waals surface area contributed by atoms with Gasteiger partial charge in [-0.05, 0) is 64.8 Å². The fraction of sp³-hybridized carbons (Fsp3) is 0.167. The molecule has 0 aliphatic heterocycles. The largest absolute Gasteiger partial charge is 0.489 e. The number of amides is 1. The van der Waals surface area contributed by atoms with Crippen molar-refractivity contribution in [3.05, 3.63) is 63.1 Å². The van der Waals surface area contributed by atoms with Crippen LogP contribution in [0.15, 0.2) is 53.0 Å². The Balaban J connectivity index is 1.89. The molecule has 0 aliphatic rings. The lowest BCUT2D eigenvalue weighted by molar-refractivity contribution is -0.118. The Bertz CT molecular complexity index is 755. The van der Waals surface area contributed by atoms with E-state index < -0.39 is 0 Å². The predicted molar refractivity (Wildman–Crippen MR) is 105 cm³/mol. The summed E-state index contributed by atoms with van der Waals surface area (Å²) in [5.74, 6) is 0.757. The van der Waals surface area contributed by atoms with E-state index in [1.54, 1.807) is 36.4 Å². The molecule has 0 radical (unpaired) electrons. The molecule has 0 saturated heterocycles. The molecule has 1 amide bonds. The van der Waals surface area contributed by atoms with E-state index >= 15 is 0 Å². The molecule has 4 nitrogen and oxygen atoms in total. The summed E-state index contributed by atoms with van der Waals surface area (Å²) in [5, 5.41) is 3.53. The second-order valence-electron chi connectivity index (χ2n) is 5.31.